The van der Waals surface area contributed by atoms with Crippen LogP contribution in [0.15, 0.2) is 59.9 Å². The number of hydrogen-bond acceptors (Lipinski definition) is 5. The molecule has 1 fully saturated rings. The van der Waals surface area contributed by atoms with Gasteiger partial charge in [-0.1, -0.05) is 12.1 Å². The second-order valence-electron chi connectivity index (χ2n) is 6.54. The Bertz CT molecular complexity index is 1150. The third kappa shape index (κ3) is 2.99. The number of benzene rings is 1. The first-order valence-electron chi connectivity index (χ1n) is 8.69. The number of aromatic nitrogens is 2. The van der Waals surface area contributed by atoms with Crippen molar-refractivity contribution < 1.29 is 22.3 Å². The summed E-state index contributed by atoms with van der Waals surface area (Å²) in [6.07, 6.45) is 5.49. The molecule has 8 heteroatoms. The van der Waals surface area contributed by atoms with Crippen LogP contribution in [0.1, 0.15) is 34.7 Å². The molecule has 0 N–H and O–H groups in total. The van der Waals surface area contributed by atoms with Crippen molar-refractivity contribution >= 4 is 16.0 Å². The lowest BCUT2D eigenvalue weighted by atomic mass is 10.0. The second-order valence-corrected chi connectivity index (χ2v) is 8.36. The minimum Gasteiger partial charge on any atom is -0.465 e. The smallest absolute Gasteiger partial charge is 0.339 e. The highest BCUT2D eigenvalue weighted by Gasteiger charge is 2.37. The van der Waals surface area contributed by atoms with Crippen molar-refractivity contribution in [2.75, 3.05) is 7.11 Å². The maximum Gasteiger partial charge on any atom is 0.339 e. The van der Waals surface area contributed by atoms with E-state index in [1.165, 1.54) is 56.0 Å². The van der Waals surface area contributed by atoms with Gasteiger partial charge >= 0.3 is 5.97 Å². The number of pyridine rings is 1. The summed E-state index contributed by atoms with van der Waals surface area (Å²) >= 11 is 0. The standard InChI is InChI=1S/C20H17FN2O4S/c1-27-20(24)16-12-23(28(25,26)14-5-4-10-22-11-14)19(18(16)13-8-9-13)15-6-2-3-7-17(15)21/h2-7,10-13H,8-9H2,1H3. The van der Waals surface area contributed by atoms with Crippen LogP contribution in [0.4, 0.5) is 4.39 Å². The SMILES string of the molecule is COC(=O)c1cn(S(=O)(=O)c2cccnc2)c(-c2ccccc2F)c1C1CC1. The summed E-state index contributed by atoms with van der Waals surface area (Å²) < 4.78 is 47.1. The first-order valence-corrected chi connectivity index (χ1v) is 10.1. The number of carbonyl (C=O) groups excluding carboxylic acids is 1. The van der Waals surface area contributed by atoms with E-state index >= 15 is 0 Å². The molecule has 0 spiro atoms. The molecule has 6 nitrogen and oxygen atoms in total. The number of hydrogen-bond donors (Lipinski definition) is 0. The quantitative estimate of drug-likeness (QED) is 0.612. The minimum absolute atomic E-state index is 0.0194. The van der Waals surface area contributed by atoms with Crippen molar-refractivity contribution in [3.8, 4) is 11.3 Å². The van der Waals surface area contributed by atoms with Gasteiger partial charge in [-0.3, -0.25) is 4.98 Å². The van der Waals surface area contributed by atoms with Crippen LogP contribution in [0.25, 0.3) is 11.3 Å². The average Bonchev–Trinajstić information content (AvgIpc) is 3.47. The Balaban J connectivity index is 2.06. The van der Waals surface area contributed by atoms with Crippen LogP contribution >= 0.6 is 0 Å². The number of rotatable bonds is 5. The Kier molecular flexibility index (Phi) is 4.50. The van der Waals surface area contributed by atoms with Crippen molar-refractivity contribution in [3.63, 3.8) is 0 Å². The number of carbonyl (C=O) groups is 1. The first kappa shape index (κ1) is 18.4. The molecule has 0 atom stereocenters. The Morgan fingerprint density at radius 2 is 1.96 bits per heavy atom. The average molecular weight is 400 g/mol. The molecule has 144 valence electrons. The van der Waals surface area contributed by atoms with Crippen molar-refractivity contribution in [1.29, 1.82) is 0 Å². The number of nitrogens with zero attached hydrogens (tertiary/aromatic N) is 2. The fourth-order valence-corrected chi connectivity index (χ4v) is 4.63. The minimum atomic E-state index is -4.10. The zero-order valence-electron chi connectivity index (χ0n) is 15.0. The fourth-order valence-electron chi connectivity index (χ4n) is 3.28. The largest absolute Gasteiger partial charge is 0.465 e. The molecule has 0 aliphatic heterocycles. The zero-order chi connectivity index (χ0) is 19.9. The van der Waals surface area contributed by atoms with Gasteiger partial charge in [0.2, 0.25) is 0 Å². The topological polar surface area (TPSA) is 78.3 Å². The molecule has 0 amide bonds. The monoisotopic (exact) mass is 400 g/mol. The molecule has 0 unspecified atom stereocenters. The van der Waals surface area contributed by atoms with Gasteiger partial charge < -0.3 is 4.74 Å². The van der Waals surface area contributed by atoms with Crippen LogP contribution < -0.4 is 0 Å². The van der Waals surface area contributed by atoms with Gasteiger partial charge in [0.15, 0.2) is 0 Å². The Morgan fingerprint density at radius 3 is 2.57 bits per heavy atom. The molecule has 28 heavy (non-hydrogen) atoms. The molecule has 3 aromatic rings. The normalized spacial score (nSPS) is 14.1. The summed E-state index contributed by atoms with van der Waals surface area (Å²) in [6, 6.07) is 8.83. The second kappa shape index (κ2) is 6.87. The zero-order valence-corrected chi connectivity index (χ0v) is 15.8. The van der Waals surface area contributed by atoms with E-state index < -0.39 is 21.8 Å². The highest BCUT2D eigenvalue weighted by atomic mass is 32.2. The van der Waals surface area contributed by atoms with Gasteiger partial charge in [-0.2, -0.15) is 0 Å². The maximum atomic E-state index is 14.7. The van der Waals surface area contributed by atoms with E-state index in [0.29, 0.717) is 5.56 Å². The number of methoxy groups -OCH3 is 1. The molecule has 0 radical (unpaired) electrons. The van der Waals surface area contributed by atoms with E-state index in [-0.39, 0.29) is 27.6 Å². The van der Waals surface area contributed by atoms with Gasteiger partial charge in [0.1, 0.15) is 10.7 Å². The molecule has 2 aromatic heterocycles. The van der Waals surface area contributed by atoms with E-state index in [0.717, 1.165) is 16.8 Å². The predicted octanol–water partition coefficient (Wildman–Crippen LogP) is 3.59. The Morgan fingerprint density at radius 1 is 1.21 bits per heavy atom. The van der Waals surface area contributed by atoms with Gasteiger partial charge in [0, 0.05) is 24.2 Å². The van der Waals surface area contributed by atoms with Crippen molar-refractivity contribution in [1.82, 2.24) is 8.96 Å². The van der Waals surface area contributed by atoms with Gasteiger partial charge in [-0.25, -0.2) is 21.6 Å². The van der Waals surface area contributed by atoms with Crippen LogP contribution in [0.2, 0.25) is 0 Å². The lowest BCUT2D eigenvalue weighted by Crippen LogP contribution is -2.14. The van der Waals surface area contributed by atoms with E-state index in [1.54, 1.807) is 6.07 Å². The lowest BCUT2D eigenvalue weighted by molar-refractivity contribution is 0.0599. The van der Waals surface area contributed by atoms with Gasteiger partial charge in [0.05, 0.1) is 18.4 Å². The molecule has 0 bridgehead atoms. The lowest BCUT2D eigenvalue weighted by Gasteiger charge is -2.13. The molecule has 1 aromatic carbocycles. The highest BCUT2D eigenvalue weighted by molar-refractivity contribution is 7.90. The van der Waals surface area contributed by atoms with E-state index in [4.69, 9.17) is 4.74 Å². The Hall–Kier alpha value is -3.00. The number of esters is 1. The number of ether oxygens (including phenoxy) is 1. The van der Waals surface area contributed by atoms with Gasteiger partial charge in [0.25, 0.3) is 10.0 Å². The third-order valence-corrected chi connectivity index (χ3v) is 6.37. The first-order chi connectivity index (χ1) is 13.4. The van der Waals surface area contributed by atoms with Crippen molar-refractivity contribution in [2.45, 2.75) is 23.7 Å². The van der Waals surface area contributed by atoms with Crippen LogP contribution in [0.3, 0.4) is 0 Å². The highest BCUT2D eigenvalue weighted by Crippen LogP contribution is 2.48. The molecule has 0 saturated heterocycles. The summed E-state index contributed by atoms with van der Waals surface area (Å²) in [6.45, 7) is 0. The molecule has 1 aliphatic carbocycles. The molecular formula is C20H17FN2O4S. The van der Waals surface area contributed by atoms with E-state index in [2.05, 4.69) is 4.98 Å². The predicted molar refractivity (Wildman–Crippen MR) is 100.0 cm³/mol. The summed E-state index contributed by atoms with van der Waals surface area (Å²) in [5.41, 5.74) is 0.914. The van der Waals surface area contributed by atoms with E-state index in [1.807, 2.05) is 0 Å². The van der Waals surface area contributed by atoms with Crippen LogP contribution in [-0.4, -0.2) is 30.5 Å². The molecule has 2 heterocycles. The summed E-state index contributed by atoms with van der Waals surface area (Å²) in [7, 11) is -2.87. The summed E-state index contributed by atoms with van der Waals surface area (Å²) in [5.74, 6) is -1.24. The van der Waals surface area contributed by atoms with Crippen LogP contribution in [0, 0.1) is 5.82 Å². The van der Waals surface area contributed by atoms with Crippen LogP contribution in [0.5, 0.6) is 0 Å². The fraction of sp³-hybridized carbons (Fsp3) is 0.200. The van der Waals surface area contributed by atoms with Gasteiger partial charge in [-0.15, -0.1) is 0 Å². The van der Waals surface area contributed by atoms with E-state index in [9.17, 15) is 17.6 Å². The van der Waals surface area contributed by atoms with Gasteiger partial charge in [-0.05, 0) is 48.6 Å². The van der Waals surface area contributed by atoms with Crippen LogP contribution in [-0.2, 0) is 14.8 Å². The molecule has 1 saturated carbocycles. The van der Waals surface area contributed by atoms with Crippen molar-refractivity contribution in [3.05, 3.63) is 71.9 Å². The molecule has 4 rings (SSSR count). The molecular weight excluding hydrogens is 383 g/mol. The third-order valence-electron chi connectivity index (χ3n) is 4.72. The summed E-state index contributed by atoms with van der Waals surface area (Å²) in [4.78, 5) is 16.2. The molecule has 1 aliphatic rings. The summed E-state index contributed by atoms with van der Waals surface area (Å²) in [5, 5.41) is 0. The number of halogens is 1. The maximum absolute atomic E-state index is 14.7. The Labute approximate surface area is 161 Å². The van der Waals surface area contributed by atoms with Crippen molar-refractivity contribution in [2.24, 2.45) is 0 Å².